The summed E-state index contributed by atoms with van der Waals surface area (Å²) in [6.07, 6.45) is 1.80. The summed E-state index contributed by atoms with van der Waals surface area (Å²) in [6, 6.07) is 25.2. The molecule has 0 fully saturated rings. The lowest BCUT2D eigenvalue weighted by Crippen LogP contribution is -2.39. The van der Waals surface area contributed by atoms with Crippen molar-refractivity contribution < 1.29 is 19.0 Å². The van der Waals surface area contributed by atoms with Gasteiger partial charge in [0, 0.05) is 10.0 Å². The third-order valence-corrected chi connectivity index (χ3v) is 9.16. The van der Waals surface area contributed by atoms with Gasteiger partial charge >= 0.3 is 5.97 Å². The van der Waals surface area contributed by atoms with E-state index in [4.69, 9.17) is 19.2 Å². The predicted molar refractivity (Wildman–Crippen MR) is 181 cm³/mol. The first kappa shape index (κ1) is 30.6. The van der Waals surface area contributed by atoms with Crippen LogP contribution in [0, 0.1) is 6.92 Å². The molecular weight excluding hydrogens is 652 g/mol. The van der Waals surface area contributed by atoms with Gasteiger partial charge in [-0.05, 0) is 60.9 Å². The van der Waals surface area contributed by atoms with Gasteiger partial charge in [-0.3, -0.25) is 9.36 Å². The monoisotopic (exact) mass is 682 g/mol. The number of hydrogen-bond donors (Lipinski definition) is 0. The normalized spacial score (nSPS) is 14.7. The molecule has 0 amide bonds. The van der Waals surface area contributed by atoms with Crippen molar-refractivity contribution in [1.29, 1.82) is 0 Å². The van der Waals surface area contributed by atoms with Crippen molar-refractivity contribution >= 4 is 50.1 Å². The number of nitrogens with zero attached hydrogens (tertiary/aromatic N) is 2. The number of benzene rings is 4. The second-order valence-electron chi connectivity index (χ2n) is 10.7. The molecule has 0 saturated carbocycles. The number of aryl methyl sites for hydroxylation is 1. The van der Waals surface area contributed by atoms with Gasteiger partial charge in [0.2, 0.25) is 0 Å². The first-order valence-corrected chi connectivity index (χ1v) is 16.1. The van der Waals surface area contributed by atoms with Crippen molar-refractivity contribution in [2.75, 3.05) is 13.7 Å². The van der Waals surface area contributed by atoms with Crippen molar-refractivity contribution in [3.8, 4) is 11.5 Å². The van der Waals surface area contributed by atoms with Crippen molar-refractivity contribution in [1.82, 2.24) is 4.57 Å². The molecule has 6 rings (SSSR count). The molecule has 0 bridgehead atoms. The van der Waals surface area contributed by atoms with Gasteiger partial charge in [-0.1, -0.05) is 99.6 Å². The second kappa shape index (κ2) is 12.9. The van der Waals surface area contributed by atoms with Crippen LogP contribution in [0.15, 0.2) is 104 Å². The zero-order valence-corrected chi connectivity index (χ0v) is 27.7. The van der Waals surface area contributed by atoms with E-state index in [-0.39, 0.29) is 12.2 Å². The summed E-state index contributed by atoms with van der Waals surface area (Å²) in [7, 11) is 1.59. The summed E-state index contributed by atoms with van der Waals surface area (Å²) >= 11 is 4.85. The molecule has 1 aromatic heterocycles. The van der Waals surface area contributed by atoms with Gasteiger partial charge in [0.25, 0.3) is 5.56 Å². The number of fused-ring (bicyclic) bond motifs is 2. The Morgan fingerprint density at radius 2 is 1.80 bits per heavy atom. The molecule has 1 atom stereocenters. The standard InChI is InChI=1S/C36H31BrN2O5S/c1-5-43-35(41)31-22(3)38-36-39(32(31)24-15-13-21(2)14-16-24)34(40)30(45-36)18-26-17-27(37)19-29(42-4)33(26)44-20-25-11-8-10-23-9-6-7-12-28(23)25/h6-19,32H,5,20H2,1-4H3/b30-18-/t32-/m0/s1. The molecular formula is C36H31BrN2O5S. The third-order valence-electron chi connectivity index (χ3n) is 7.72. The van der Waals surface area contributed by atoms with Gasteiger partial charge in [-0.2, -0.15) is 0 Å². The molecule has 4 aromatic carbocycles. The molecule has 0 N–H and O–H groups in total. The Morgan fingerprint density at radius 1 is 1.04 bits per heavy atom. The van der Waals surface area contributed by atoms with Crippen LogP contribution in [-0.2, 0) is 16.1 Å². The van der Waals surface area contributed by atoms with E-state index in [1.807, 2.05) is 67.6 Å². The number of ether oxygens (including phenoxy) is 3. The topological polar surface area (TPSA) is 79.1 Å². The lowest BCUT2D eigenvalue weighted by atomic mass is 9.95. The number of carbonyl (C=O) groups excluding carboxylic acids is 1. The summed E-state index contributed by atoms with van der Waals surface area (Å²) in [5, 5.41) is 2.23. The van der Waals surface area contributed by atoms with Crippen molar-refractivity contribution in [3.63, 3.8) is 0 Å². The van der Waals surface area contributed by atoms with Crippen LogP contribution in [0.5, 0.6) is 11.5 Å². The Morgan fingerprint density at radius 3 is 2.56 bits per heavy atom. The molecule has 0 aliphatic carbocycles. The van der Waals surface area contributed by atoms with E-state index in [1.165, 1.54) is 11.3 Å². The highest BCUT2D eigenvalue weighted by Crippen LogP contribution is 2.37. The quantitative estimate of drug-likeness (QED) is 0.172. The summed E-state index contributed by atoms with van der Waals surface area (Å²) in [6.45, 7) is 6.05. The highest BCUT2D eigenvalue weighted by molar-refractivity contribution is 9.10. The molecule has 1 aliphatic heterocycles. The van der Waals surface area contributed by atoms with Crippen LogP contribution in [0.3, 0.4) is 0 Å². The molecule has 9 heteroatoms. The predicted octanol–water partition coefficient (Wildman–Crippen LogP) is 6.61. The van der Waals surface area contributed by atoms with Crippen LogP contribution in [0.4, 0.5) is 0 Å². The largest absolute Gasteiger partial charge is 0.493 e. The SMILES string of the molecule is CCOC(=O)C1=C(C)N=c2s/c(=C\c3cc(Br)cc(OC)c3OCc3cccc4ccccc34)c(=O)n2[C@H]1c1ccc(C)cc1. The molecule has 0 spiro atoms. The van der Waals surface area contributed by atoms with E-state index in [0.717, 1.165) is 31.9 Å². The first-order chi connectivity index (χ1) is 21.8. The molecule has 5 aromatic rings. The number of methoxy groups -OCH3 is 1. The number of hydrogen-bond acceptors (Lipinski definition) is 7. The van der Waals surface area contributed by atoms with Gasteiger partial charge in [0.15, 0.2) is 16.3 Å². The lowest BCUT2D eigenvalue weighted by molar-refractivity contribution is -0.139. The van der Waals surface area contributed by atoms with E-state index < -0.39 is 12.0 Å². The third kappa shape index (κ3) is 5.98. The number of rotatable bonds is 8. The van der Waals surface area contributed by atoms with Gasteiger partial charge in [-0.25, -0.2) is 9.79 Å². The maximum absolute atomic E-state index is 14.2. The van der Waals surface area contributed by atoms with Crippen LogP contribution in [-0.4, -0.2) is 24.3 Å². The molecule has 2 heterocycles. The number of halogens is 1. The smallest absolute Gasteiger partial charge is 0.338 e. The van der Waals surface area contributed by atoms with E-state index in [2.05, 4.69) is 34.1 Å². The van der Waals surface area contributed by atoms with E-state index in [9.17, 15) is 9.59 Å². The Bertz CT molecular complexity index is 2140. The highest BCUT2D eigenvalue weighted by atomic mass is 79.9. The van der Waals surface area contributed by atoms with Crippen LogP contribution < -0.4 is 24.4 Å². The number of thiazole rings is 1. The van der Waals surface area contributed by atoms with E-state index >= 15 is 0 Å². The fourth-order valence-corrected chi connectivity index (χ4v) is 7.06. The average molecular weight is 684 g/mol. The minimum absolute atomic E-state index is 0.215. The molecule has 45 heavy (non-hydrogen) atoms. The van der Waals surface area contributed by atoms with Crippen molar-refractivity contribution in [3.05, 3.63) is 137 Å². The highest BCUT2D eigenvalue weighted by Gasteiger charge is 2.33. The van der Waals surface area contributed by atoms with Gasteiger partial charge < -0.3 is 14.2 Å². The maximum Gasteiger partial charge on any atom is 0.338 e. The molecule has 1 aliphatic rings. The molecule has 0 saturated heterocycles. The Kier molecular flexibility index (Phi) is 8.74. The average Bonchev–Trinajstić information content (AvgIpc) is 3.33. The van der Waals surface area contributed by atoms with Crippen LogP contribution >= 0.6 is 27.3 Å². The summed E-state index contributed by atoms with van der Waals surface area (Å²) in [5.41, 5.74) is 4.18. The minimum atomic E-state index is -0.679. The fourth-order valence-electron chi connectivity index (χ4n) is 5.57. The van der Waals surface area contributed by atoms with Crippen molar-refractivity contribution in [2.24, 2.45) is 4.99 Å². The van der Waals surface area contributed by atoms with Gasteiger partial charge in [-0.15, -0.1) is 0 Å². The minimum Gasteiger partial charge on any atom is -0.493 e. The Hall–Kier alpha value is -4.47. The molecule has 0 radical (unpaired) electrons. The Balaban J connectivity index is 1.48. The second-order valence-corrected chi connectivity index (χ2v) is 12.6. The number of aromatic nitrogens is 1. The molecule has 0 unspecified atom stereocenters. The summed E-state index contributed by atoms with van der Waals surface area (Å²) < 4.78 is 20.4. The maximum atomic E-state index is 14.2. The molecule has 7 nitrogen and oxygen atoms in total. The zero-order valence-electron chi connectivity index (χ0n) is 25.3. The lowest BCUT2D eigenvalue weighted by Gasteiger charge is -2.24. The van der Waals surface area contributed by atoms with Gasteiger partial charge in [0.1, 0.15) is 6.61 Å². The first-order valence-electron chi connectivity index (χ1n) is 14.5. The zero-order chi connectivity index (χ0) is 31.7. The Labute approximate surface area is 272 Å². The number of esters is 1. The molecule has 228 valence electrons. The van der Waals surface area contributed by atoms with Crippen LogP contribution in [0.25, 0.3) is 16.8 Å². The fraction of sp³-hybridized carbons (Fsp3) is 0.194. The van der Waals surface area contributed by atoms with Crippen LogP contribution in [0.2, 0.25) is 0 Å². The summed E-state index contributed by atoms with van der Waals surface area (Å²) in [5.74, 6) is 0.555. The van der Waals surface area contributed by atoms with Crippen LogP contribution in [0.1, 0.15) is 42.1 Å². The van der Waals surface area contributed by atoms with E-state index in [1.54, 1.807) is 31.6 Å². The van der Waals surface area contributed by atoms with Crippen molar-refractivity contribution in [2.45, 2.75) is 33.4 Å². The van der Waals surface area contributed by atoms with E-state index in [0.29, 0.717) is 44.3 Å². The summed E-state index contributed by atoms with van der Waals surface area (Å²) in [4.78, 5) is 32.6. The number of carbonyl (C=O) groups is 1. The van der Waals surface area contributed by atoms with Gasteiger partial charge in [0.05, 0.1) is 35.6 Å². The number of allylic oxidation sites excluding steroid dienone is 1.